The first-order valence-electron chi connectivity index (χ1n) is 11.0. The Kier molecular flexibility index (Phi) is 5.24. The molecule has 1 amide bonds. The summed E-state index contributed by atoms with van der Waals surface area (Å²) in [7, 11) is 0. The minimum Gasteiger partial charge on any atom is -0.341 e. The molecule has 1 aromatic heterocycles. The minimum atomic E-state index is -0.223. The van der Waals surface area contributed by atoms with E-state index in [-0.39, 0.29) is 11.2 Å². The highest BCUT2D eigenvalue weighted by atomic mass is 32.2. The second-order valence-corrected chi connectivity index (χ2v) is 9.83. The molecule has 7 heteroatoms. The fourth-order valence-corrected chi connectivity index (χ4v) is 5.33. The molecule has 29 heavy (non-hydrogen) atoms. The van der Waals surface area contributed by atoms with Gasteiger partial charge in [-0.3, -0.25) is 9.36 Å². The Morgan fingerprint density at radius 1 is 1.10 bits per heavy atom. The summed E-state index contributed by atoms with van der Waals surface area (Å²) in [6, 6.07) is 6.82. The average molecular weight is 412 g/mol. The van der Waals surface area contributed by atoms with Crippen LogP contribution in [0, 0.1) is 0 Å². The lowest BCUT2D eigenvalue weighted by molar-refractivity contribution is -0.115. The number of thioether (sulfide) groups is 1. The fourth-order valence-electron chi connectivity index (χ4n) is 4.42. The molecule has 1 saturated carbocycles. The van der Waals surface area contributed by atoms with Crippen LogP contribution in [0.1, 0.15) is 62.6 Å². The van der Waals surface area contributed by atoms with E-state index in [1.165, 1.54) is 61.4 Å². The number of aromatic nitrogens is 3. The maximum Gasteiger partial charge on any atom is 0.237 e. The van der Waals surface area contributed by atoms with E-state index in [2.05, 4.69) is 37.1 Å². The molecular weight excluding hydrogens is 382 g/mol. The quantitative estimate of drug-likeness (QED) is 0.722. The smallest absolute Gasteiger partial charge is 0.237 e. The number of rotatable bonds is 6. The van der Waals surface area contributed by atoms with E-state index in [4.69, 9.17) is 0 Å². The molecule has 2 fully saturated rings. The molecule has 1 saturated heterocycles. The van der Waals surface area contributed by atoms with Gasteiger partial charge in [-0.05, 0) is 81.5 Å². The monoisotopic (exact) mass is 411 g/mol. The van der Waals surface area contributed by atoms with Gasteiger partial charge >= 0.3 is 0 Å². The fraction of sp³-hybridized carbons (Fsp3) is 0.591. The summed E-state index contributed by atoms with van der Waals surface area (Å²) in [5.41, 5.74) is 3.71. The minimum absolute atomic E-state index is 0.0258. The van der Waals surface area contributed by atoms with E-state index in [0.717, 1.165) is 42.7 Å². The van der Waals surface area contributed by atoms with Crippen LogP contribution in [0.15, 0.2) is 23.4 Å². The van der Waals surface area contributed by atoms with Crippen LogP contribution < -0.4 is 10.2 Å². The number of benzene rings is 1. The number of hydrogen-bond donors (Lipinski definition) is 1. The predicted octanol–water partition coefficient (Wildman–Crippen LogP) is 4.21. The van der Waals surface area contributed by atoms with E-state index in [1.807, 2.05) is 13.0 Å². The second-order valence-electron chi connectivity index (χ2n) is 8.52. The van der Waals surface area contributed by atoms with E-state index in [1.54, 1.807) is 0 Å². The normalized spacial score (nSPS) is 19.8. The van der Waals surface area contributed by atoms with E-state index < -0.39 is 0 Å². The first-order chi connectivity index (χ1) is 14.2. The lowest BCUT2D eigenvalue weighted by atomic mass is 10.1. The lowest BCUT2D eigenvalue weighted by Gasteiger charge is -2.28. The summed E-state index contributed by atoms with van der Waals surface area (Å²) in [6.07, 6.45) is 9.60. The summed E-state index contributed by atoms with van der Waals surface area (Å²) in [4.78, 5) is 15.2. The van der Waals surface area contributed by atoms with Crippen LogP contribution in [-0.2, 0) is 17.6 Å². The van der Waals surface area contributed by atoms with Gasteiger partial charge in [-0.25, -0.2) is 0 Å². The third-order valence-electron chi connectivity index (χ3n) is 6.21. The Morgan fingerprint density at radius 2 is 1.90 bits per heavy atom. The number of piperidine rings is 1. The zero-order valence-electron chi connectivity index (χ0n) is 17.1. The predicted molar refractivity (Wildman–Crippen MR) is 117 cm³/mol. The highest BCUT2D eigenvalue weighted by Crippen LogP contribution is 2.42. The van der Waals surface area contributed by atoms with Crippen LogP contribution >= 0.6 is 11.8 Å². The second kappa shape index (κ2) is 8.01. The summed E-state index contributed by atoms with van der Waals surface area (Å²) in [6.45, 7) is 4.08. The molecule has 6 nitrogen and oxygen atoms in total. The zero-order chi connectivity index (χ0) is 19.8. The van der Waals surface area contributed by atoms with Gasteiger partial charge in [0.05, 0.1) is 5.25 Å². The van der Waals surface area contributed by atoms with Crippen molar-refractivity contribution in [3.05, 3.63) is 29.3 Å². The molecule has 5 rings (SSSR count). The van der Waals surface area contributed by atoms with Gasteiger partial charge in [-0.15, -0.1) is 10.2 Å². The van der Waals surface area contributed by atoms with Gasteiger partial charge in [0.1, 0.15) is 0 Å². The maximum absolute atomic E-state index is 12.8. The standard InChI is InChI=1S/C22H29N5OS/c1-15(20(28)23-18-9-8-16-6-5-7-17(16)14-18)29-22-25-24-21(27(22)19-10-11-19)26-12-3-2-4-13-26/h8-9,14-15,19H,2-7,10-13H2,1H3,(H,23,28). The van der Waals surface area contributed by atoms with E-state index >= 15 is 0 Å². The summed E-state index contributed by atoms with van der Waals surface area (Å²) >= 11 is 1.53. The van der Waals surface area contributed by atoms with Crippen LogP contribution in [0.4, 0.5) is 11.6 Å². The molecule has 3 aliphatic rings. The van der Waals surface area contributed by atoms with Crippen molar-refractivity contribution in [3.8, 4) is 0 Å². The van der Waals surface area contributed by atoms with Crippen molar-refractivity contribution in [1.82, 2.24) is 14.8 Å². The van der Waals surface area contributed by atoms with E-state index in [0.29, 0.717) is 6.04 Å². The Balaban J connectivity index is 1.28. The molecular formula is C22H29N5OS. The molecule has 1 N–H and O–H groups in total. The lowest BCUT2D eigenvalue weighted by Crippen LogP contribution is -2.32. The van der Waals surface area contributed by atoms with Gasteiger partial charge in [0.15, 0.2) is 5.16 Å². The highest BCUT2D eigenvalue weighted by Gasteiger charge is 2.33. The number of amides is 1. The summed E-state index contributed by atoms with van der Waals surface area (Å²) in [5.74, 6) is 1.03. The largest absolute Gasteiger partial charge is 0.341 e. The Bertz CT molecular complexity index is 901. The molecule has 1 aromatic carbocycles. The van der Waals surface area contributed by atoms with Crippen molar-refractivity contribution in [2.75, 3.05) is 23.3 Å². The van der Waals surface area contributed by atoms with E-state index in [9.17, 15) is 4.79 Å². The number of aryl methyl sites for hydroxylation is 2. The molecule has 1 aliphatic heterocycles. The number of nitrogens with zero attached hydrogens (tertiary/aromatic N) is 4. The third-order valence-corrected chi connectivity index (χ3v) is 7.27. The number of hydrogen-bond acceptors (Lipinski definition) is 5. The van der Waals surface area contributed by atoms with Crippen molar-refractivity contribution in [1.29, 1.82) is 0 Å². The molecule has 2 aliphatic carbocycles. The van der Waals surface area contributed by atoms with Crippen molar-refractivity contribution < 1.29 is 4.79 Å². The van der Waals surface area contributed by atoms with Crippen LogP contribution in [0.5, 0.6) is 0 Å². The molecule has 0 spiro atoms. The molecule has 154 valence electrons. The van der Waals surface area contributed by atoms with Crippen LogP contribution in [0.25, 0.3) is 0 Å². The van der Waals surface area contributed by atoms with Gasteiger partial charge in [-0.2, -0.15) is 0 Å². The first-order valence-corrected chi connectivity index (χ1v) is 11.9. The number of carbonyl (C=O) groups excluding carboxylic acids is 1. The van der Waals surface area contributed by atoms with Crippen molar-refractivity contribution in [2.24, 2.45) is 0 Å². The SMILES string of the molecule is CC(Sc1nnc(N2CCCCC2)n1C1CC1)C(=O)Nc1ccc2c(c1)CCC2. The van der Waals surface area contributed by atoms with Gasteiger partial charge in [0.2, 0.25) is 11.9 Å². The summed E-state index contributed by atoms with van der Waals surface area (Å²) in [5, 5.41) is 12.8. The van der Waals surface area contributed by atoms with Gasteiger partial charge in [0.25, 0.3) is 0 Å². The highest BCUT2D eigenvalue weighted by molar-refractivity contribution is 8.00. The molecule has 0 bridgehead atoms. The summed E-state index contributed by atoms with van der Waals surface area (Å²) < 4.78 is 2.29. The molecule has 2 aromatic rings. The average Bonchev–Trinajstić information content (AvgIpc) is 3.32. The maximum atomic E-state index is 12.8. The number of nitrogens with one attached hydrogen (secondary N) is 1. The number of anilines is 2. The molecule has 1 atom stereocenters. The Morgan fingerprint density at radius 3 is 2.69 bits per heavy atom. The van der Waals surface area contributed by atoms with Crippen LogP contribution in [0.2, 0.25) is 0 Å². The van der Waals surface area contributed by atoms with Gasteiger partial charge in [0, 0.05) is 24.8 Å². The first kappa shape index (κ1) is 19.0. The van der Waals surface area contributed by atoms with Crippen molar-refractivity contribution in [2.45, 2.75) is 74.7 Å². The molecule has 0 radical (unpaired) electrons. The van der Waals surface area contributed by atoms with Crippen molar-refractivity contribution in [3.63, 3.8) is 0 Å². The molecule has 2 heterocycles. The topological polar surface area (TPSA) is 63.1 Å². The Labute approximate surface area is 176 Å². The van der Waals surface area contributed by atoms with Crippen LogP contribution in [-0.4, -0.2) is 39.0 Å². The van der Waals surface area contributed by atoms with Gasteiger partial charge < -0.3 is 10.2 Å². The molecule has 1 unspecified atom stereocenters. The van der Waals surface area contributed by atoms with Gasteiger partial charge in [-0.1, -0.05) is 17.8 Å². The zero-order valence-corrected chi connectivity index (χ0v) is 17.9. The van der Waals surface area contributed by atoms with Crippen molar-refractivity contribution >= 4 is 29.3 Å². The number of fused-ring (bicyclic) bond motifs is 1. The third kappa shape index (κ3) is 4.02. The number of carbonyl (C=O) groups is 1. The Hall–Kier alpha value is -2.02. The van der Waals surface area contributed by atoms with Crippen LogP contribution in [0.3, 0.4) is 0 Å².